The van der Waals surface area contributed by atoms with Gasteiger partial charge in [-0.2, -0.15) is 0 Å². The van der Waals surface area contributed by atoms with E-state index in [1.54, 1.807) is 25.1 Å². The summed E-state index contributed by atoms with van der Waals surface area (Å²) >= 11 is 15.5. The molecule has 1 atom stereocenters. The van der Waals surface area contributed by atoms with Crippen molar-refractivity contribution in [2.45, 2.75) is 13.0 Å². The van der Waals surface area contributed by atoms with Crippen molar-refractivity contribution in [1.29, 1.82) is 0 Å². The fourth-order valence-electron chi connectivity index (χ4n) is 2.66. The van der Waals surface area contributed by atoms with Gasteiger partial charge in [-0.25, -0.2) is 4.98 Å². The molecule has 0 spiro atoms. The summed E-state index contributed by atoms with van der Waals surface area (Å²) in [5.74, 6) is 0. The molecule has 0 bridgehead atoms. The van der Waals surface area contributed by atoms with Crippen LogP contribution >= 0.6 is 39.1 Å². The zero-order valence-corrected chi connectivity index (χ0v) is 15.8. The van der Waals surface area contributed by atoms with Crippen LogP contribution in [-0.2, 0) is 0 Å². The van der Waals surface area contributed by atoms with Crippen molar-refractivity contribution in [1.82, 2.24) is 9.55 Å². The Balaban J connectivity index is 2.30. The molecule has 0 amide bonds. The van der Waals surface area contributed by atoms with Crippen LogP contribution in [0.3, 0.4) is 0 Å². The molecule has 128 valence electrons. The van der Waals surface area contributed by atoms with Gasteiger partial charge in [0.15, 0.2) is 0 Å². The maximum absolute atomic E-state index is 12.4. The first-order valence-electron chi connectivity index (χ1n) is 7.09. The van der Waals surface area contributed by atoms with Crippen LogP contribution < -0.4 is 5.56 Å². The number of nitro groups is 1. The predicted octanol–water partition coefficient (Wildman–Crippen LogP) is 4.98. The first-order valence-corrected chi connectivity index (χ1v) is 8.64. The Hall–Kier alpha value is -1.96. The number of benzene rings is 2. The highest BCUT2D eigenvalue weighted by Crippen LogP contribution is 2.32. The van der Waals surface area contributed by atoms with Gasteiger partial charge in [0, 0.05) is 16.1 Å². The fourth-order valence-corrected chi connectivity index (χ4v) is 3.59. The second kappa shape index (κ2) is 6.74. The van der Waals surface area contributed by atoms with Gasteiger partial charge in [-0.15, -0.1) is 0 Å². The monoisotopic (exact) mass is 441 g/mol. The second-order valence-corrected chi connectivity index (χ2v) is 7.06. The molecule has 0 saturated carbocycles. The Morgan fingerprint density at radius 1 is 1.28 bits per heavy atom. The van der Waals surface area contributed by atoms with Crippen molar-refractivity contribution in [3.8, 4) is 0 Å². The minimum Gasteiger partial charge on any atom is -0.298 e. The van der Waals surface area contributed by atoms with E-state index >= 15 is 0 Å². The van der Waals surface area contributed by atoms with Crippen molar-refractivity contribution in [3.05, 3.63) is 77.1 Å². The topological polar surface area (TPSA) is 78.0 Å². The van der Waals surface area contributed by atoms with E-state index < -0.39 is 11.0 Å². The molecular formula is C16H10BrCl2N3O3. The molecule has 25 heavy (non-hydrogen) atoms. The molecule has 9 heteroatoms. The van der Waals surface area contributed by atoms with Crippen molar-refractivity contribution in [2.75, 3.05) is 0 Å². The molecule has 3 aromatic rings. The summed E-state index contributed by atoms with van der Waals surface area (Å²) < 4.78 is 1.74. The van der Waals surface area contributed by atoms with Crippen LogP contribution in [0.15, 0.2) is 45.8 Å². The van der Waals surface area contributed by atoms with Crippen molar-refractivity contribution < 1.29 is 4.92 Å². The van der Waals surface area contributed by atoms with Gasteiger partial charge in [0.2, 0.25) is 0 Å². The number of fused-ring (bicyclic) bond motifs is 1. The van der Waals surface area contributed by atoms with Crippen LogP contribution in [-0.4, -0.2) is 14.5 Å². The Morgan fingerprint density at radius 2 is 2.00 bits per heavy atom. The van der Waals surface area contributed by atoms with Gasteiger partial charge in [0.1, 0.15) is 0 Å². The number of rotatable bonds is 3. The first kappa shape index (κ1) is 17.8. The third-order valence-corrected chi connectivity index (χ3v) is 5.06. The summed E-state index contributed by atoms with van der Waals surface area (Å²) in [7, 11) is 0. The molecule has 0 radical (unpaired) electrons. The molecule has 1 heterocycles. The Kier molecular flexibility index (Phi) is 4.81. The average Bonchev–Trinajstić information content (AvgIpc) is 2.55. The smallest absolute Gasteiger partial charge is 0.285 e. The normalized spacial score (nSPS) is 12.3. The molecule has 0 aliphatic carbocycles. The molecular weight excluding hydrogens is 433 g/mol. The van der Waals surface area contributed by atoms with Crippen LogP contribution in [0.25, 0.3) is 11.0 Å². The molecule has 2 aromatic carbocycles. The molecule has 0 N–H and O–H groups in total. The average molecular weight is 443 g/mol. The number of halogens is 3. The second-order valence-electron chi connectivity index (χ2n) is 5.36. The zero-order valence-electron chi connectivity index (χ0n) is 12.7. The van der Waals surface area contributed by atoms with Gasteiger partial charge >= 0.3 is 0 Å². The summed E-state index contributed by atoms with van der Waals surface area (Å²) in [4.78, 5) is 27.1. The minimum absolute atomic E-state index is 0.126. The summed E-state index contributed by atoms with van der Waals surface area (Å²) in [6.45, 7) is 1.80. The maximum Gasteiger partial charge on any atom is 0.285 e. The lowest BCUT2D eigenvalue weighted by molar-refractivity contribution is -0.385. The Bertz CT molecular complexity index is 1070. The fraction of sp³-hybridized carbons (Fsp3) is 0.125. The van der Waals surface area contributed by atoms with E-state index in [0.717, 1.165) is 6.20 Å². The molecule has 6 nitrogen and oxygen atoms in total. The van der Waals surface area contributed by atoms with E-state index in [0.29, 0.717) is 26.6 Å². The van der Waals surface area contributed by atoms with E-state index in [4.69, 9.17) is 23.2 Å². The summed E-state index contributed by atoms with van der Waals surface area (Å²) in [6, 6.07) is 7.39. The van der Waals surface area contributed by atoms with E-state index in [1.807, 2.05) is 0 Å². The number of hydrogen-bond acceptors (Lipinski definition) is 4. The lowest BCUT2D eigenvalue weighted by Crippen LogP contribution is -2.24. The van der Waals surface area contributed by atoms with Gasteiger partial charge in [-0.3, -0.25) is 19.5 Å². The van der Waals surface area contributed by atoms with Crippen LogP contribution in [0.2, 0.25) is 10.0 Å². The third kappa shape index (κ3) is 3.27. The SMILES string of the molecule is CC(c1cc(Cl)ccc1Cl)n1c(=O)cnc2cc([N+](=O)[O-])c(Br)cc21. The van der Waals surface area contributed by atoms with Gasteiger partial charge in [0.25, 0.3) is 11.2 Å². The maximum atomic E-state index is 12.4. The molecule has 1 unspecified atom stereocenters. The first-order chi connectivity index (χ1) is 11.8. The lowest BCUT2D eigenvalue weighted by Gasteiger charge is -2.19. The van der Waals surface area contributed by atoms with Gasteiger partial charge < -0.3 is 0 Å². The molecule has 0 saturated heterocycles. The highest BCUT2D eigenvalue weighted by Gasteiger charge is 2.20. The number of nitro benzene ring substituents is 1. The summed E-state index contributed by atoms with van der Waals surface area (Å²) in [5, 5.41) is 12.1. The minimum atomic E-state index is -0.516. The number of hydrogen-bond donors (Lipinski definition) is 0. The van der Waals surface area contributed by atoms with E-state index in [-0.39, 0.29) is 15.7 Å². The van der Waals surface area contributed by atoms with Crippen LogP contribution in [0.4, 0.5) is 5.69 Å². The highest BCUT2D eigenvalue weighted by atomic mass is 79.9. The molecule has 1 aromatic heterocycles. The lowest BCUT2D eigenvalue weighted by atomic mass is 10.1. The van der Waals surface area contributed by atoms with Crippen LogP contribution in [0, 0.1) is 10.1 Å². The summed E-state index contributed by atoms with van der Waals surface area (Å²) in [5.41, 5.74) is 0.974. The Morgan fingerprint density at radius 3 is 2.68 bits per heavy atom. The largest absolute Gasteiger partial charge is 0.298 e. The van der Waals surface area contributed by atoms with Gasteiger partial charge in [-0.05, 0) is 52.7 Å². The van der Waals surface area contributed by atoms with E-state index in [9.17, 15) is 14.9 Å². The van der Waals surface area contributed by atoms with Crippen LogP contribution in [0.5, 0.6) is 0 Å². The van der Waals surface area contributed by atoms with Crippen molar-refractivity contribution >= 4 is 55.9 Å². The van der Waals surface area contributed by atoms with Gasteiger partial charge in [0.05, 0.1) is 32.7 Å². The third-order valence-electron chi connectivity index (χ3n) is 3.85. The van der Waals surface area contributed by atoms with Crippen molar-refractivity contribution in [2.24, 2.45) is 0 Å². The molecule has 0 aliphatic rings. The predicted molar refractivity (Wildman–Crippen MR) is 101 cm³/mol. The van der Waals surface area contributed by atoms with Gasteiger partial charge in [-0.1, -0.05) is 23.2 Å². The van der Waals surface area contributed by atoms with Crippen LogP contribution in [0.1, 0.15) is 18.5 Å². The summed E-state index contributed by atoms with van der Waals surface area (Å²) in [6.07, 6.45) is 1.13. The standard InChI is InChI=1S/C16H10BrCl2N3O3/c1-8(10-4-9(18)2-3-12(10)19)21-15-5-11(17)14(22(24)25)6-13(15)20-7-16(21)23/h2-8H,1H3. The zero-order chi connectivity index (χ0) is 18.3. The Labute approximate surface area is 160 Å². The molecule has 3 rings (SSSR count). The highest BCUT2D eigenvalue weighted by molar-refractivity contribution is 9.10. The van der Waals surface area contributed by atoms with E-state index in [2.05, 4.69) is 20.9 Å². The number of aromatic nitrogens is 2. The number of nitrogens with zero attached hydrogens (tertiary/aromatic N) is 3. The molecule has 0 aliphatic heterocycles. The quantitative estimate of drug-likeness (QED) is 0.423. The molecule has 0 fully saturated rings. The van der Waals surface area contributed by atoms with E-state index in [1.165, 1.54) is 16.7 Å². The van der Waals surface area contributed by atoms with Crippen molar-refractivity contribution in [3.63, 3.8) is 0 Å².